The maximum Gasteiger partial charge on any atom is 0.410 e. The Hall–Kier alpha value is -6.06. The molecule has 0 spiro atoms. The van der Waals surface area contributed by atoms with Gasteiger partial charge in [0.25, 0.3) is 0 Å². The molecule has 1 heterocycles. The van der Waals surface area contributed by atoms with E-state index in [1.54, 1.807) is 47.4 Å². The molecule has 14 heteroatoms. The number of amides is 1. The summed E-state index contributed by atoms with van der Waals surface area (Å²) in [5, 5.41) is 24.6. The lowest BCUT2D eigenvalue weighted by atomic mass is 9.55. The van der Waals surface area contributed by atoms with Crippen LogP contribution in [-0.4, -0.2) is 92.3 Å². The minimum atomic E-state index is -1.57. The molecule has 0 aromatic heterocycles. The predicted octanol–water partition coefficient (Wildman–Crippen LogP) is 9.56. The Morgan fingerprint density at radius 1 is 0.925 bits per heavy atom. The molecular formula is C53H61FN2O11. The Morgan fingerprint density at radius 2 is 1.67 bits per heavy atom. The number of allylic oxidation sites excluding steroid dienone is 1. The van der Waals surface area contributed by atoms with Gasteiger partial charge >= 0.3 is 6.09 Å². The zero-order valence-corrected chi connectivity index (χ0v) is 38.2. The number of carbonyl (C=O) groups excluding carboxylic acids is 2. The number of rotatable bonds is 24. The molecule has 1 saturated carbocycles. The van der Waals surface area contributed by atoms with Crippen LogP contribution in [0.2, 0.25) is 0 Å². The van der Waals surface area contributed by atoms with E-state index in [1.165, 1.54) is 26.4 Å². The first-order chi connectivity index (χ1) is 32.8. The zero-order valence-electron chi connectivity index (χ0n) is 38.2. The van der Waals surface area contributed by atoms with E-state index in [2.05, 4.69) is 17.8 Å². The number of fused-ring (bicyclic) bond motifs is 2. The van der Waals surface area contributed by atoms with E-state index in [4.69, 9.17) is 33.3 Å². The minimum absolute atomic E-state index is 0.000588. The van der Waals surface area contributed by atoms with Crippen LogP contribution in [0.4, 0.5) is 9.18 Å². The minimum Gasteiger partial charge on any atom is -0.496 e. The van der Waals surface area contributed by atoms with Crippen molar-refractivity contribution >= 4 is 18.1 Å². The second-order valence-electron chi connectivity index (χ2n) is 17.0. The average Bonchev–Trinajstić information content (AvgIpc) is 3.35. The van der Waals surface area contributed by atoms with Crippen molar-refractivity contribution in [1.29, 1.82) is 0 Å². The van der Waals surface area contributed by atoms with Crippen LogP contribution in [0.15, 0.2) is 120 Å². The average molecular weight is 921 g/mol. The van der Waals surface area contributed by atoms with Crippen molar-refractivity contribution in [2.24, 2.45) is 22.9 Å². The van der Waals surface area contributed by atoms with Crippen LogP contribution in [0.5, 0.6) is 23.0 Å². The number of aliphatic hydroxyl groups is 2. The van der Waals surface area contributed by atoms with Crippen molar-refractivity contribution in [1.82, 2.24) is 4.90 Å². The van der Waals surface area contributed by atoms with Crippen molar-refractivity contribution in [2.45, 2.75) is 75.8 Å². The fourth-order valence-corrected chi connectivity index (χ4v) is 9.95. The second kappa shape index (κ2) is 23.6. The van der Waals surface area contributed by atoms with Gasteiger partial charge in [0, 0.05) is 37.7 Å². The molecule has 7 rings (SSSR count). The highest BCUT2D eigenvalue weighted by Crippen LogP contribution is 2.62. The monoisotopic (exact) mass is 920 g/mol. The standard InChI is InChI=1S/C53H61FN2O11/c1-4-26-65-53-49(56(33-36-16-18-40(54)19-17-36)52(60)64-28-27-63-35-37-12-6-5-7-13-37)32-46(55-62-3)44-30-38(14-8-10-24-57)43(15-9-11-25-58)50(51(44)53)45-31-42(21-23-48(45)67-53)66-41-20-22-47(61-2)39(29-41)34-59/h4-7,12-13,16-23,29-31,34,38,43,49-51,57-58H,1,8-11,14-15,24-28,32-33,35H2,2-3H3/t38-,43+,49-,50+,51+,53+/m0/s1. The normalized spacial score (nSPS) is 22.1. The molecule has 6 atom stereocenters. The summed E-state index contributed by atoms with van der Waals surface area (Å²) in [4.78, 5) is 33.9. The summed E-state index contributed by atoms with van der Waals surface area (Å²) in [5.41, 5.74) is 4.26. The number of benzene rings is 4. The Bertz CT molecular complexity index is 2340. The summed E-state index contributed by atoms with van der Waals surface area (Å²) in [7, 11) is 2.99. The second-order valence-corrected chi connectivity index (χ2v) is 17.0. The number of unbranched alkanes of at least 4 members (excludes halogenated alkanes) is 2. The number of carbonyl (C=O) groups is 2. The number of nitrogens with zero attached hydrogens (tertiary/aromatic N) is 2. The fraction of sp³-hybridized carbons (Fsp3) is 0.415. The van der Waals surface area contributed by atoms with Gasteiger partial charge in [-0.1, -0.05) is 72.6 Å². The summed E-state index contributed by atoms with van der Waals surface area (Å²) in [6.45, 7) is 4.60. The number of hydrogen-bond donors (Lipinski definition) is 2. The van der Waals surface area contributed by atoms with Gasteiger partial charge in [0.1, 0.15) is 48.6 Å². The van der Waals surface area contributed by atoms with E-state index in [9.17, 15) is 24.2 Å². The topological polar surface area (TPSA) is 155 Å². The maximum atomic E-state index is 14.8. The maximum absolute atomic E-state index is 14.8. The van der Waals surface area contributed by atoms with E-state index in [1.807, 2.05) is 42.5 Å². The molecular weight excluding hydrogens is 860 g/mol. The number of hydrogen-bond acceptors (Lipinski definition) is 12. The molecule has 67 heavy (non-hydrogen) atoms. The third kappa shape index (κ3) is 11.4. The van der Waals surface area contributed by atoms with Gasteiger partial charge in [-0.05, 0) is 103 Å². The Balaban J connectivity index is 1.37. The first-order valence-electron chi connectivity index (χ1n) is 23.0. The quantitative estimate of drug-likeness (QED) is 0.0299. The first-order valence-corrected chi connectivity index (χ1v) is 23.0. The number of methoxy groups -OCH3 is 1. The third-order valence-corrected chi connectivity index (χ3v) is 12.9. The molecule has 0 radical (unpaired) electrons. The predicted molar refractivity (Wildman–Crippen MR) is 250 cm³/mol. The van der Waals surface area contributed by atoms with Crippen LogP contribution in [0.1, 0.15) is 77.9 Å². The smallest absolute Gasteiger partial charge is 0.410 e. The van der Waals surface area contributed by atoms with Gasteiger partial charge in [0.15, 0.2) is 6.29 Å². The van der Waals surface area contributed by atoms with Crippen LogP contribution >= 0.6 is 0 Å². The lowest BCUT2D eigenvalue weighted by Gasteiger charge is -2.59. The number of oxime groups is 1. The Kier molecular flexibility index (Phi) is 17.2. The Morgan fingerprint density at radius 3 is 2.39 bits per heavy atom. The van der Waals surface area contributed by atoms with Gasteiger partial charge in [0.2, 0.25) is 5.79 Å². The molecule has 0 saturated heterocycles. The molecule has 4 aromatic rings. The molecule has 1 aliphatic heterocycles. The van der Waals surface area contributed by atoms with E-state index < -0.39 is 29.7 Å². The van der Waals surface area contributed by atoms with Gasteiger partial charge in [-0.25, -0.2) is 9.18 Å². The number of ether oxygens (including phenoxy) is 6. The van der Waals surface area contributed by atoms with Crippen LogP contribution in [-0.2, 0) is 32.2 Å². The van der Waals surface area contributed by atoms with Gasteiger partial charge in [-0.15, -0.1) is 6.58 Å². The van der Waals surface area contributed by atoms with Crippen LogP contribution in [0, 0.1) is 23.6 Å². The molecule has 13 nitrogen and oxygen atoms in total. The molecule has 2 N–H and O–H groups in total. The summed E-state index contributed by atoms with van der Waals surface area (Å²) in [6.07, 6.45) is 8.30. The molecule has 0 bridgehead atoms. The summed E-state index contributed by atoms with van der Waals surface area (Å²) in [6, 6.07) is 25.4. The SMILES string of the molecule is C=CCO[C@@]12Oc3ccc(Oc4ccc(OC)c(C=O)c4)cc3[C@H]3[C@H](CCCCO)[C@@H](CCCCO)C=C(C(=NOC)C[C@@H]1N(Cc1ccc(F)cc1)C(=O)OCCOCc1ccccc1)[C@H]32. The third-order valence-electron chi connectivity index (χ3n) is 12.9. The largest absolute Gasteiger partial charge is 0.496 e. The van der Waals surface area contributed by atoms with Gasteiger partial charge in [-0.2, -0.15) is 0 Å². The number of aliphatic hydroxyl groups excluding tert-OH is 2. The molecule has 356 valence electrons. The van der Waals surface area contributed by atoms with Gasteiger partial charge in [-0.3, -0.25) is 9.69 Å². The summed E-state index contributed by atoms with van der Waals surface area (Å²) >= 11 is 0. The lowest BCUT2D eigenvalue weighted by molar-refractivity contribution is -0.256. The summed E-state index contributed by atoms with van der Waals surface area (Å²) in [5.74, 6) is -1.10. The van der Waals surface area contributed by atoms with Crippen molar-refractivity contribution in [2.75, 3.05) is 47.3 Å². The Labute approximate surface area is 391 Å². The van der Waals surface area contributed by atoms with Crippen molar-refractivity contribution in [3.8, 4) is 23.0 Å². The lowest BCUT2D eigenvalue weighted by Crippen LogP contribution is -2.70. The highest BCUT2D eigenvalue weighted by Gasteiger charge is 2.65. The number of halogens is 1. The fourth-order valence-electron chi connectivity index (χ4n) is 9.95. The molecule has 4 aromatic carbocycles. The van der Waals surface area contributed by atoms with E-state index >= 15 is 0 Å². The highest BCUT2D eigenvalue weighted by atomic mass is 19.1. The molecule has 0 unspecified atom stereocenters. The molecule has 3 aliphatic rings. The van der Waals surface area contributed by atoms with Gasteiger partial charge in [0.05, 0.1) is 44.1 Å². The zero-order chi connectivity index (χ0) is 47.2. The first kappa shape index (κ1) is 48.9. The summed E-state index contributed by atoms with van der Waals surface area (Å²) < 4.78 is 52.5. The van der Waals surface area contributed by atoms with Crippen LogP contribution < -0.4 is 14.2 Å². The van der Waals surface area contributed by atoms with Crippen molar-refractivity contribution in [3.63, 3.8) is 0 Å². The molecule has 1 fully saturated rings. The van der Waals surface area contributed by atoms with E-state index in [0.717, 1.165) is 42.4 Å². The molecule has 1 amide bonds. The van der Waals surface area contributed by atoms with E-state index in [-0.39, 0.29) is 63.8 Å². The van der Waals surface area contributed by atoms with Gasteiger partial charge < -0.3 is 43.5 Å². The van der Waals surface area contributed by atoms with Crippen LogP contribution in [0.3, 0.4) is 0 Å². The van der Waals surface area contributed by atoms with Crippen molar-refractivity contribution in [3.05, 3.63) is 143 Å². The van der Waals surface area contributed by atoms with E-state index in [0.29, 0.717) is 65.6 Å². The number of aldehydes is 1. The highest BCUT2D eigenvalue weighted by molar-refractivity contribution is 6.03. The van der Waals surface area contributed by atoms with Crippen LogP contribution in [0.25, 0.3) is 0 Å². The van der Waals surface area contributed by atoms with Crippen molar-refractivity contribution < 1.29 is 57.5 Å². The molecule has 2 aliphatic carbocycles.